The number of halogens is 1. The van der Waals surface area contributed by atoms with E-state index >= 15 is 0 Å². The zero-order valence-electron chi connectivity index (χ0n) is 15.6. The predicted molar refractivity (Wildman–Crippen MR) is 114 cm³/mol. The number of benzene rings is 3. The molecule has 150 valence electrons. The molecule has 0 fully saturated rings. The van der Waals surface area contributed by atoms with Gasteiger partial charge in [-0.15, -0.1) is 0 Å². The molecule has 0 aromatic heterocycles. The van der Waals surface area contributed by atoms with Crippen molar-refractivity contribution in [1.29, 1.82) is 0 Å². The third-order valence-corrected chi connectivity index (χ3v) is 5.60. The van der Waals surface area contributed by atoms with Gasteiger partial charge >= 0.3 is 0 Å². The summed E-state index contributed by atoms with van der Waals surface area (Å²) in [4.78, 5) is 12.4. The van der Waals surface area contributed by atoms with Gasteiger partial charge in [0.2, 0.25) is 0 Å². The fraction of sp³-hybridized carbons (Fsp3) is 0.0952. The van der Waals surface area contributed by atoms with Crippen LogP contribution in [0.2, 0.25) is 5.02 Å². The Bertz CT molecular complexity index is 1080. The Labute approximate surface area is 174 Å². The van der Waals surface area contributed by atoms with Gasteiger partial charge in [0.25, 0.3) is 15.9 Å². The highest BCUT2D eigenvalue weighted by atomic mass is 35.5. The first-order valence-corrected chi connectivity index (χ1v) is 10.7. The molecule has 0 unspecified atom stereocenters. The Morgan fingerprint density at radius 2 is 1.48 bits per heavy atom. The van der Waals surface area contributed by atoms with Gasteiger partial charge in [-0.05, 0) is 79.7 Å². The first-order valence-electron chi connectivity index (χ1n) is 8.80. The quantitative estimate of drug-likeness (QED) is 0.564. The molecule has 0 heterocycles. The molecule has 0 aliphatic heterocycles. The molecule has 0 aliphatic rings. The molecule has 3 aromatic rings. The lowest BCUT2D eigenvalue weighted by Gasteiger charge is -2.10. The van der Waals surface area contributed by atoms with Crippen LogP contribution in [0.4, 0.5) is 11.4 Å². The first-order chi connectivity index (χ1) is 13.9. The van der Waals surface area contributed by atoms with Crippen molar-refractivity contribution < 1.29 is 17.9 Å². The Balaban J connectivity index is 1.67. The Morgan fingerprint density at radius 3 is 2.07 bits per heavy atom. The van der Waals surface area contributed by atoms with E-state index in [4.69, 9.17) is 16.3 Å². The van der Waals surface area contributed by atoms with Crippen molar-refractivity contribution in [1.82, 2.24) is 0 Å². The summed E-state index contributed by atoms with van der Waals surface area (Å²) < 4.78 is 32.8. The number of hydrogen-bond donors (Lipinski definition) is 2. The lowest BCUT2D eigenvalue weighted by molar-refractivity contribution is 0.102. The van der Waals surface area contributed by atoms with Gasteiger partial charge in [-0.3, -0.25) is 9.52 Å². The van der Waals surface area contributed by atoms with Crippen molar-refractivity contribution in [3.05, 3.63) is 83.4 Å². The maximum Gasteiger partial charge on any atom is 0.261 e. The van der Waals surface area contributed by atoms with E-state index in [2.05, 4.69) is 10.0 Å². The molecule has 0 aliphatic carbocycles. The average molecular weight is 431 g/mol. The minimum absolute atomic E-state index is 0.0755. The van der Waals surface area contributed by atoms with Gasteiger partial charge in [0.15, 0.2) is 0 Å². The predicted octanol–water partition coefficient (Wildman–Crippen LogP) is 4.79. The molecule has 0 bridgehead atoms. The van der Waals surface area contributed by atoms with E-state index < -0.39 is 10.0 Å². The number of rotatable bonds is 7. The van der Waals surface area contributed by atoms with Gasteiger partial charge in [0.1, 0.15) is 5.75 Å². The summed E-state index contributed by atoms with van der Waals surface area (Å²) in [6.45, 7) is 2.43. The van der Waals surface area contributed by atoms with Gasteiger partial charge in [0, 0.05) is 22.0 Å². The molecule has 2 N–H and O–H groups in total. The topological polar surface area (TPSA) is 84.5 Å². The zero-order valence-corrected chi connectivity index (χ0v) is 17.1. The number of carbonyl (C=O) groups is 1. The van der Waals surface area contributed by atoms with Crippen LogP contribution in [0.1, 0.15) is 17.3 Å². The molecule has 0 radical (unpaired) electrons. The molecule has 1 amide bonds. The summed E-state index contributed by atoms with van der Waals surface area (Å²) in [6, 6.07) is 19.0. The van der Waals surface area contributed by atoms with Crippen molar-refractivity contribution in [3.63, 3.8) is 0 Å². The number of hydrogen-bond acceptors (Lipinski definition) is 4. The van der Waals surface area contributed by atoms with Crippen molar-refractivity contribution in [2.45, 2.75) is 11.8 Å². The Kier molecular flexibility index (Phi) is 6.41. The van der Waals surface area contributed by atoms with E-state index in [1.54, 1.807) is 48.5 Å². The first kappa shape index (κ1) is 20.7. The van der Waals surface area contributed by atoms with Crippen LogP contribution in [0.5, 0.6) is 5.75 Å². The second-order valence-electron chi connectivity index (χ2n) is 6.05. The van der Waals surface area contributed by atoms with Gasteiger partial charge in [0.05, 0.1) is 11.5 Å². The summed E-state index contributed by atoms with van der Waals surface area (Å²) in [5, 5.41) is 3.25. The van der Waals surface area contributed by atoms with E-state index in [9.17, 15) is 13.2 Å². The molecule has 6 nitrogen and oxygen atoms in total. The second kappa shape index (κ2) is 8.98. The number of carbonyl (C=O) groups excluding carboxylic acids is 1. The molecule has 3 aromatic carbocycles. The summed E-state index contributed by atoms with van der Waals surface area (Å²) in [6.07, 6.45) is 0. The fourth-order valence-corrected chi connectivity index (χ4v) is 3.71. The monoisotopic (exact) mass is 430 g/mol. The lowest BCUT2D eigenvalue weighted by Crippen LogP contribution is -2.14. The summed E-state index contributed by atoms with van der Waals surface area (Å²) in [5.74, 6) is 0.384. The molecule has 0 saturated carbocycles. The van der Waals surface area contributed by atoms with Gasteiger partial charge in [-0.25, -0.2) is 8.42 Å². The number of amides is 1. The van der Waals surface area contributed by atoms with Crippen LogP contribution >= 0.6 is 11.6 Å². The highest BCUT2D eigenvalue weighted by Crippen LogP contribution is 2.20. The third-order valence-electron chi connectivity index (χ3n) is 3.95. The van der Waals surface area contributed by atoms with E-state index in [1.165, 1.54) is 24.3 Å². The van der Waals surface area contributed by atoms with Gasteiger partial charge in [-0.1, -0.05) is 11.6 Å². The lowest BCUT2D eigenvalue weighted by atomic mass is 10.2. The number of anilines is 2. The van der Waals surface area contributed by atoms with Crippen LogP contribution in [0.25, 0.3) is 0 Å². The van der Waals surface area contributed by atoms with Crippen molar-refractivity contribution in [3.8, 4) is 5.75 Å². The molecule has 0 saturated heterocycles. The van der Waals surface area contributed by atoms with Crippen LogP contribution < -0.4 is 14.8 Å². The summed E-state index contributed by atoms with van der Waals surface area (Å²) >= 11 is 5.81. The summed E-state index contributed by atoms with van der Waals surface area (Å²) in [5.41, 5.74) is 1.35. The maximum atomic E-state index is 12.5. The van der Waals surface area contributed by atoms with Crippen LogP contribution in [-0.2, 0) is 10.0 Å². The Morgan fingerprint density at radius 1 is 0.897 bits per heavy atom. The molecule has 29 heavy (non-hydrogen) atoms. The van der Waals surface area contributed by atoms with Crippen molar-refractivity contribution >= 4 is 38.9 Å². The third kappa shape index (κ3) is 5.49. The van der Waals surface area contributed by atoms with Crippen molar-refractivity contribution in [2.75, 3.05) is 16.6 Å². The number of nitrogens with one attached hydrogen (secondary N) is 2. The molecule has 0 spiro atoms. The van der Waals surface area contributed by atoms with E-state index in [-0.39, 0.29) is 10.8 Å². The average Bonchev–Trinajstić information content (AvgIpc) is 2.71. The molecule has 0 atom stereocenters. The highest BCUT2D eigenvalue weighted by molar-refractivity contribution is 7.92. The van der Waals surface area contributed by atoms with E-state index in [0.29, 0.717) is 34.3 Å². The minimum atomic E-state index is -3.75. The number of sulfonamides is 1. The highest BCUT2D eigenvalue weighted by Gasteiger charge is 2.14. The zero-order chi connectivity index (χ0) is 20.9. The minimum Gasteiger partial charge on any atom is -0.494 e. The smallest absolute Gasteiger partial charge is 0.261 e. The Hall–Kier alpha value is -3.03. The van der Waals surface area contributed by atoms with E-state index in [0.717, 1.165) is 0 Å². The SMILES string of the molecule is CCOc1ccc(C(=O)Nc2ccc(S(=O)(=O)Nc3ccc(Cl)cc3)cc2)cc1. The summed E-state index contributed by atoms with van der Waals surface area (Å²) in [7, 11) is -3.75. The standard InChI is InChI=1S/C21H19ClN2O4S/c1-2-28-19-11-3-15(4-12-19)21(25)23-17-9-13-20(14-10-17)29(26,27)24-18-7-5-16(22)6-8-18/h3-14,24H,2H2,1H3,(H,23,25). The second-order valence-corrected chi connectivity index (χ2v) is 8.17. The fourth-order valence-electron chi connectivity index (χ4n) is 2.52. The van der Waals surface area contributed by atoms with Crippen LogP contribution in [0, 0.1) is 0 Å². The van der Waals surface area contributed by atoms with Crippen molar-refractivity contribution in [2.24, 2.45) is 0 Å². The van der Waals surface area contributed by atoms with Gasteiger partial charge < -0.3 is 10.1 Å². The normalized spacial score (nSPS) is 11.0. The van der Waals surface area contributed by atoms with Crippen LogP contribution in [0.15, 0.2) is 77.7 Å². The molecule has 8 heteroatoms. The number of ether oxygens (including phenoxy) is 1. The van der Waals surface area contributed by atoms with Crippen LogP contribution in [0.3, 0.4) is 0 Å². The molecule has 3 rings (SSSR count). The largest absolute Gasteiger partial charge is 0.494 e. The maximum absolute atomic E-state index is 12.5. The molecular formula is C21H19ClN2O4S. The van der Waals surface area contributed by atoms with Gasteiger partial charge in [-0.2, -0.15) is 0 Å². The van der Waals surface area contributed by atoms with E-state index in [1.807, 2.05) is 6.92 Å². The van der Waals surface area contributed by atoms with Crippen LogP contribution in [-0.4, -0.2) is 20.9 Å². The molecular weight excluding hydrogens is 412 g/mol.